The van der Waals surface area contributed by atoms with E-state index in [-0.39, 0.29) is 11.8 Å². The van der Waals surface area contributed by atoms with Crippen LogP contribution in [0, 0.1) is 5.92 Å². The zero-order valence-corrected chi connectivity index (χ0v) is 12.3. The van der Waals surface area contributed by atoms with Crippen LogP contribution in [0.4, 0.5) is 5.82 Å². The third-order valence-corrected chi connectivity index (χ3v) is 4.10. The van der Waals surface area contributed by atoms with Gasteiger partial charge in [-0.15, -0.1) is 0 Å². The number of anilines is 1. The van der Waals surface area contributed by atoms with Crippen molar-refractivity contribution in [1.82, 2.24) is 9.88 Å². The smallest absolute Gasteiger partial charge is 0.227 e. The van der Waals surface area contributed by atoms with E-state index in [9.17, 15) is 4.79 Å². The van der Waals surface area contributed by atoms with Gasteiger partial charge in [0, 0.05) is 32.2 Å². The molecule has 0 aromatic carbocycles. The van der Waals surface area contributed by atoms with E-state index in [2.05, 4.69) is 9.88 Å². The van der Waals surface area contributed by atoms with Crippen molar-refractivity contribution in [2.75, 3.05) is 51.4 Å². The summed E-state index contributed by atoms with van der Waals surface area (Å²) in [5.74, 6) is 1.81. The molecule has 1 atom stereocenters. The molecule has 0 saturated carbocycles. The van der Waals surface area contributed by atoms with Gasteiger partial charge in [-0.1, -0.05) is 6.07 Å². The highest BCUT2D eigenvalue weighted by atomic mass is 16.5. The molecule has 2 saturated heterocycles. The van der Waals surface area contributed by atoms with Crippen molar-refractivity contribution in [3.8, 4) is 5.88 Å². The lowest BCUT2D eigenvalue weighted by Crippen LogP contribution is -2.44. The molecule has 1 aromatic heterocycles. The molecule has 0 spiro atoms. The van der Waals surface area contributed by atoms with Crippen molar-refractivity contribution in [1.29, 1.82) is 0 Å². The van der Waals surface area contributed by atoms with Crippen LogP contribution in [-0.4, -0.2) is 62.3 Å². The van der Waals surface area contributed by atoms with Gasteiger partial charge < -0.3 is 19.3 Å². The van der Waals surface area contributed by atoms with E-state index in [0.717, 1.165) is 25.3 Å². The summed E-state index contributed by atoms with van der Waals surface area (Å²) in [5, 5.41) is 0. The number of carbonyl (C=O) groups excluding carboxylic acids is 1. The number of carbonyl (C=O) groups is 1. The Morgan fingerprint density at radius 3 is 2.90 bits per heavy atom. The van der Waals surface area contributed by atoms with Crippen molar-refractivity contribution in [3.63, 3.8) is 0 Å². The second-order valence-electron chi connectivity index (χ2n) is 5.41. The molecule has 1 aromatic rings. The average molecular weight is 291 g/mol. The number of hydrogen-bond acceptors (Lipinski definition) is 5. The molecule has 1 amide bonds. The minimum Gasteiger partial charge on any atom is -0.481 e. The minimum absolute atomic E-state index is 0.0658. The van der Waals surface area contributed by atoms with Crippen LogP contribution >= 0.6 is 0 Å². The first-order chi connectivity index (χ1) is 10.3. The van der Waals surface area contributed by atoms with Gasteiger partial charge >= 0.3 is 0 Å². The van der Waals surface area contributed by atoms with Crippen LogP contribution in [0.5, 0.6) is 5.88 Å². The fourth-order valence-corrected chi connectivity index (χ4v) is 2.91. The number of morpholine rings is 1. The largest absolute Gasteiger partial charge is 0.481 e. The van der Waals surface area contributed by atoms with E-state index < -0.39 is 0 Å². The Labute approximate surface area is 124 Å². The zero-order valence-electron chi connectivity index (χ0n) is 12.3. The summed E-state index contributed by atoms with van der Waals surface area (Å²) in [6, 6.07) is 5.72. The van der Waals surface area contributed by atoms with Crippen molar-refractivity contribution in [2.24, 2.45) is 5.92 Å². The maximum Gasteiger partial charge on any atom is 0.227 e. The van der Waals surface area contributed by atoms with Gasteiger partial charge in [0.2, 0.25) is 11.8 Å². The van der Waals surface area contributed by atoms with Crippen LogP contribution in [-0.2, 0) is 9.53 Å². The van der Waals surface area contributed by atoms with Gasteiger partial charge in [-0.3, -0.25) is 4.79 Å². The van der Waals surface area contributed by atoms with Crippen LogP contribution in [0.2, 0.25) is 0 Å². The molecule has 0 radical (unpaired) electrons. The molecule has 21 heavy (non-hydrogen) atoms. The Bertz CT molecular complexity index is 503. The summed E-state index contributed by atoms with van der Waals surface area (Å²) < 4.78 is 10.5. The van der Waals surface area contributed by atoms with Crippen LogP contribution in [0.25, 0.3) is 0 Å². The zero-order chi connectivity index (χ0) is 14.7. The topological polar surface area (TPSA) is 54.9 Å². The van der Waals surface area contributed by atoms with Gasteiger partial charge in [0.05, 0.1) is 26.2 Å². The normalized spacial score (nSPS) is 22.4. The summed E-state index contributed by atoms with van der Waals surface area (Å²) in [5.41, 5.74) is 0. The molecule has 0 N–H and O–H groups in total. The van der Waals surface area contributed by atoms with E-state index in [4.69, 9.17) is 9.47 Å². The summed E-state index contributed by atoms with van der Waals surface area (Å²) in [6.45, 7) is 4.33. The molecule has 1 unspecified atom stereocenters. The molecule has 6 heteroatoms. The number of aromatic nitrogens is 1. The van der Waals surface area contributed by atoms with Crippen molar-refractivity contribution >= 4 is 11.7 Å². The van der Waals surface area contributed by atoms with E-state index in [0.29, 0.717) is 32.2 Å². The first kappa shape index (κ1) is 14.1. The Kier molecular flexibility index (Phi) is 4.24. The second kappa shape index (κ2) is 6.30. The third kappa shape index (κ3) is 3.10. The average Bonchev–Trinajstić information content (AvgIpc) is 3.05. The number of amides is 1. The highest BCUT2D eigenvalue weighted by Gasteiger charge is 2.32. The van der Waals surface area contributed by atoms with Crippen LogP contribution in [0.1, 0.15) is 6.42 Å². The SMILES string of the molecule is COc1cccc(N2CCC(C(=O)N3CCOCC3)C2)n1. The summed E-state index contributed by atoms with van der Waals surface area (Å²) in [6.07, 6.45) is 0.884. The lowest BCUT2D eigenvalue weighted by atomic mass is 10.1. The molecule has 114 valence electrons. The minimum atomic E-state index is 0.0658. The monoisotopic (exact) mass is 291 g/mol. The molecule has 2 aliphatic heterocycles. The van der Waals surface area contributed by atoms with Gasteiger partial charge in [-0.2, -0.15) is 4.98 Å². The molecule has 3 rings (SSSR count). The van der Waals surface area contributed by atoms with Crippen molar-refractivity contribution in [3.05, 3.63) is 18.2 Å². The van der Waals surface area contributed by atoms with Crippen LogP contribution in [0.15, 0.2) is 18.2 Å². The van der Waals surface area contributed by atoms with Crippen molar-refractivity contribution in [2.45, 2.75) is 6.42 Å². The van der Waals surface area contributed by atoms with Gasteiger partial charge in [0.25, 0.3) is 0 Å². The van der Waals surface area contributed by atoms with Crippen LogP contribution < -0.4 is 9.64 Å². The van der Waals surface area contributed by atoms with Crippen molar-refractivity contribution < 1.29 is 14.3 Å². The van der Waals surface area contributed by atoms with E-state index in [1.54, 1.807) is 7.11 Å². The number of rotatable bonds is 3. The maximum atomic E-state index is 12.5. The lowest BCUT2D eigenvalue weighted by Gasteiger charge is -2.29. The molecule has 6 nitrogen and oxygen atoms in total. The van der Waals surface area contributed by atoms with E-state index in [1.807, 2.05) is 23.1 Å². The quantitative estimate of drug-likeness (QED) is 0.823. The predicted molar refractivity (Wildman–Crippen MR) is 78.5 cm³/mol. The Hall–Kier alpha value is -1.82. The fourth-order valence-electron chi connectivity index (χ4n) is 2.91. The van der Waals surface area contributed by atoms with E-state index >= 15 is 0 Å². The first-order valence-electron chi connectivity index (χ1n) is 7.40. The lowest BCUT2D eigenvalue weighted by molar-refractivity contribution is -0.138. The fraction of sp³-hybridized carbons (Fsp3) is 0.600. The number of methoxy groups -OCH3 is 1. The van der Waals surface area contributed by atoms with E-state index in [1.165, 1.54) is 0 Å². The molecule has 2 aliphatic rings. The van der Waals surface area contributed by atoms with Gasteiger partial charge in [-0.05, 0) is 12.5 Å². The highest BCUT2D eigenvalue weighted by molar-refractivity contribution is 5.80. The third-order valence-electron chi connectivity index (χ3n) is 4.10. The molecule has 0 bridgehead atoms. The Morgan fingerprint density at radius 2 is 2.14 bits per heavy atom. The second-order valence-corrected chi connectivity index (χ2v) is 5.41. The summed E-state index contributed by atoms with van der Waals surface area (Å²) in [4.78, 5) is 21.0. The number of pyridine rings is 1. The first-order valence-corrected chi connectivity index (χ1v) is 7.40. The number of hydrogen-bond donors (Lipinski definition) is 0. The van der Waals surface area contributed by atoms with Gasteiger partial charge in [0.1, 0.15) is 5.82 Å². The number of ether oxygens (including phenoxy) is 2. The van der Waals surface area contributed by atoms with Gasteiger partial charge in [-0.25, -0.2) is 0 Å². The maximum absolute atomic E-state index is 12.5. The number of nitrogens with zero attached hydrogens (tertiary/aromatic N) is 3. The summed E-state index contributed by atoms with van der Waals surface area (Å²) >= 11 is 0. The highest BCUT2D eigenvalue weighted by Crippen LogP contribution is 2.25. The molecule has 3 heterocycles. The predicted octanol–water partition coefficient (Wildman–Crippen LogP) is 0.775. The van der Waals surface area contributed by atoms with Gasteiger partial charge in [0.15, 0.2) is 0 Å². The molecular formula is C15H21N3O3. The standard InChI is InChI=1S/C15H21N3O3/c1-20-14-4-2-3-13(16-14)18-6-5-12(11-18)15(19)17-7-9-21-10-8-17/h2-4,12H,5-11H2,1H3. The Morgan fingerprint density at radius 1 is 1.33 bits per heavy atom. The molecule has 0 aliphatic carbocycles. The molecular weight excluding hydrogens is 270 g/mol. The Balaban J connectivity index is 1.63. The van der Waals surface area contributed by atoms with Crippen LogP contribution in [0.3, 0.4) is 0 Å². The summed E-state index contributed by atoms with van der Waals surface area (Å²) in [7, 11) is 1.61. The molecule has 2 fully saturated rings.